The molecule has 0 heterocycles. The van der Waals surface area contributed by atoms with E-state index < -0.39 is 90.1 Å². The number of carbonyl (C=O) groups excluding carboxylic acids is 6. The number of rotatable bonds is 30. The molecule has 6 atom stereocenters. The van der Waals surface area contributed by atoms with Crippen LogP contribution in [0.25, 0.3) is 0 Å². The number of nitrogens with two attached hydrogens (primary N) is 6. The number of hydrogen-bond donors (Lipinski definition) is 13. The summed E-state index contributed by atoms with van der Waals surface area (Å²) in [5, 5.41) is 31.3. The number of nitrogens with zero attached hydrogens (tertiary/aromatic N) is 2. The number of amides is 6. The fourth-order valence-electron chi connectivity index (χ4n) is 5.08. The van der Waals surface area contributed by atoms with Crippen molar-refractivity contribution < 1.29 is 48.6 Å². The smallest absolute Gasteiger partial charge is 0.326 e. The lowest BCUT2D eigenvalue weighted by Crippen LogP contribution is -2.59. The Morgan fingerprint density at radius 1 is 0.579 bits per heavy atom. The van der Waals surface area contributed by atoms with Crippen LogP contribution in [0.5, 0.6) is 0 Å². The number of thioether (sulfide) groups is 1. The minimum absolute atomic E-state index is 0.0279. The van der Waals surface area contributed by atoms with Crippen LogP contribution in [-0.4, -0.2) is 131 Å². The number of aliphatic carboxylic acids is 2. The minimum atomic E-state index is -1.44. The Morgan fingerprint density at radius 3 is 1.44 bits per heavy atom. The summed E-state index contributed by atoms with van der Waals surface area (Å²) >= 11 is 1.36. The average Bonchev–Trinajstić information content (AvgIpc) is 3.11. The van der Waals surface area contributed by atoms with Crippen LogP contribution in [0.3, 0.4) is 0 Å². The maximum Gasteiger partial charge on any atom is 0.326 e. The summed E-state index contributed by atoms with van der Waals surface area (Å²) in [5.41, 5.74) is 32.7. The normalized spacial score (nSPS) is 14.0. The van der Waals surface area contributed by atoms with Crippen molar-refractivity contribution >= 4 is 71.1 Å². The van der Waals surface area contributed by atoms with Gasteiger partial charge in [0.15, 0.2) is 11.9 Å². The molecule has 0 saturated carbocycles. The van der Waals surface area contributed by atoms with Gasteiger partial charge in [0.1, 0.15) is 30.2 Å². The number of carboxylic acid groups (broad SMARTS) is 2. The second-order valence-electron chi connectivity index (χ2n) is 13.5. The standard InChI is InChI=1S/C33H61N13O10S/c1-17(2)16-23(46-29(53)21(9-11-25(48)49)42-26(50)18(34)6-4-13-40-32(36)37)30(54)43-19(7-5-14-41-33(38)39)27(51)44-20(8-10-24(35)47)28(52)45-22(31(55)56)12-15-57-3/h17-23H,4-16,34H2,1-3H3,(H2,35,47)(H,42,50)(H,43,54)(H,44,51)(H,45,52)(H,46,53)(H,48,49)(H,55,56)(H4,36,37,40)(H4,38,39,41)/t18-,19-,20-,21-,22-,23-/m0/s1. The molecule has 24 heteroatoms. The van der Waals surface area contributed by atoms with Gasteiger partial charge in [-0.2, -0.15) is 11.8 Å². The van der Waals surface area contributed by atoms with E-state index in [0.717, 1.165) is 0 Å². The highest BCUT2D eigenvalue weighted by atomic mass is 32.2. The van der Waals surface area contributed by atoms with E-state index in [4.69, 9.17) is 34.4 Å². The average molecular weight is 832 g/mol. The molecule has 0 unspecified atom stereocenters. The molecule has 324 valence electrons. The molecule has 0 aromatic carbocycles. The molecule has 0 spiro atoms. The molecule has 57 heavy (non-hydrogen) atoms. The lowest BCUT2D eigenvalue weighted by molar-refractivity contribution is -0.142. The van der Waals surface area contributed by atoms with Crippen LogP contribution in [0.4, 0.5) is 0 Å². The summed E-state index contributed by atoms with van der Waals surface area (Å²) in [6.45, 7) is 3.73. The first kappa shape index (κ1) is 51.6. The molecule has 19 N–H and O–H groups in total. The molecule has 6 amide bonds. The Kier molecular flexibility index (Phi) is 25.4. The van der Waals surface area contributed by atoms with Crippen LogP contribution in [0.2, 0.25) is 0 Å². The van der Waals surface area contributed by atoms with Gasteiger partial charge in [-0.3, -0.25) is 43.5 Å². The second kappa shape index (κ2) is 28.1. The van der Waals surface area contributed by atoms with E-state index in [1.54, 1.807) is 20.1 Å². The van der Waals surface area contributed by atoms with Crippen molar-refractivity contribution in [3.63, 3.8) is 0 Å². The van der Waals surface area contributed by atoms with E-state index in [9.17, 15) is 48.6 Å². The fraction of sp³-hybridized carbons (Fsp3) is 0.697. The zero-order valence-electron chi connectivity index (χ0n) is 32.7. The van der Waals surface area contributed by atoms with Gasteiger partial charge in [0.25, 0.3) is 0 Å². The van der Waals surface area contributed by atoms with Crippen molar-refractivity contribution in [2.45, 2.75) is 114 Å². The lowest BCUT2D eigenvalue weighted by Gasteiger charge is -2.27. The third-order valence-corrected chi connectivity index (χ3v) is 8.68. The largest absolute Gasteiger partial charge is 0.481 e. The van der Waals surface area contributed by atoms with E-state index in [2.05, 4.69) is 36.6 Å². The zero-order chi connectivity index (χ0) is 43.7. The lowest BCUT2D eigenvalue weighted by atomic mass is 10.0. The quantitative estimate of drug-likeness (QED) is 0.0186. The van der Waals surface area contributed by atoms with E-state index in [0.29, 0.717) is 12.2 Å². The van der Waals surface area contributed by atoms with Gasteiger partial charge in [-0.1, -0.05) is 13.8 Å². The summed E-state index contributed by atoms with van der Waals surface area (Å²) in [6.07, 6.45) is 0.825. The molecule has 0 radical (unpaired) electrons. The van der Waals surface area contributed by atoms with Crippen LogP contribution in [0, 0.1) is 5.92 Å². The minimum Gasteiger partial charge on any atom is -0.481 e. The zero-order valence-corrected chi connectivity index (χ0v) is 33.5. The van der Waals surface area contributed by atoms with Crippen molar-refractivity contribution in [1.82, 2.24) is 26.6 Å². The monoisotopic (exact) mass is 831 g/mol. The molecule has 0 aromatic heterocycles. The van der Waals surface area contributed by atoms with Crippen molar-refractivity contribution in [2.24, 2.45) is 50.3 Å². The van der Waals surface area contributed by atoms with Gasteiger partial charge in [-0.05, 0) is 69.3 Å². The summed E-state index contributed by atoms with van der Waals surface area (Å²) in [7, 11) is 0. The van der Waals surface area contributed by atoms with Crippen LogP contribution >= 0.6 is 11.8 Å². The molecule has 23 nitrogen and oxygen atoms in total. The van der Waals surface area contributed by atoms with Gasteiger partial charge < -0.3 is 71.2 Å². The van der Waals surface area contributed by atoms with Gasteiger partial charge in [-0.15, -0.1) is 0 Å². The first-order valence-electron chi connectivity index (χ1n) is 18.3. The molecular formula is C33H61N13O10S. The molecule has 0 fully saturated rings. The topological polar surface area (TPSA) is 418 Å². The number of nitrogens with one attached hydrogen (secondary N) is 5. The van der Waals surface area contributed by atoms with Gasteiger partial charge in [0.2, 0.25) is 35.4 Å². The number of hydrogen-bond acceptors (Lipinski definition) is 12. The Hall–Kier alpha value is -5.39. The van der Waals surface area contributed by atoms with Crippen LogP contribution in [0.15, 0.2) is 9.98 Å². The predicted molar refractivity (Wildman–Crippen MR) is 213 cm³/mol. The summed E-state index contributed by atoms with van der Waals surface area (Å²) in [4.78, 5) is 110. The highest BCUT2D eigenvalue weighted by molar-refractivity contribution is 7.98. The van der Waals surface area contributed by atoms with Crippen molar-refractivity contribution in [3.8, 4) is 0 Å². The van der Waals surface area contributed by atoms with E-state index >= 15 is 0 Å². The maximum atomic E-state index is 13.8. The number of guanidine groups is 2. The van der Waals surface area contributed by atoms with Crippen LogP contribution in [0.1, 0.15) is 78.1 Å². The molecule has 0 saturated heterocycles. The molecule has 0 rings (SSSR count). The number of primary amides is 1. The molecule has 0 aliphatic carbocycles. The van der Waals surface area contributed by atoms with Gasteiger partial charge in [0.05, 0.1) is 6.04 Å². The van der Waals surface area contributed by atoms with E-state index in [1.165, 1.54) is 11.8 Å². The predicted octanol–water partition coefficient (Wildman–Crippen LogP) is -4.14. The van der Waals surface area contributed by atoms with Gasteiger partial charge >= 0.3 is 11.9 Å². The van der Waals surface area contributed by atoms with Crippen molar-refractivity contribution in [3.05, 3.63) is 0 Å². The van der Waals surface area contributed by atoms with Crippen LogP contribution in [-0.2, 0) is 38.4 Å². The Balaban J connectivity index is 6.38. The Morgan fingerprint density at radius 2 is 1.00 bits per heavy atom. The highest BCUT2D eigenvalue weighted by Crippen LogP contribution is 2.11. The first-order valence-corrected chi connectivity index (χ1v) is 19.7. The molecule has 0 aliphatic heterocycles. The van der Waals surface area contributed by atoms with Crippen LogP contribution < -0.4 is 61.0 Å². The number of carbonyl (C=O) groups is 8. The fourth-order valence-corrected chi connectivity index (χ4v) is 5.55. The highest BCUT2D eigenvalue weighted by Gasteiger charge is 2.33. The summed E-state index contributed by atoms with van der Waals surface area (Å²) in [6, 6.07) is -7.97. The maximum absolute atomic E-state index is 13.8. The third kappa shape index (κ3) is 24.0. The Bertz CT molecular complexity index is 1420. The molecular weight excluding hydrogens is 771 g/mol. The van der Waals surface area contributed by atoms with Crippen molar-refractivity contribution in [1.29, 1.82) is 0 Å². The van der Waals surface area contributed by atoms with E-state index in [-0.39, 0.29) is 82.3 Å². The van der Waals surface area contributed by atoms with Gasteiger partial charge in [-0.25, -0.2) is 4.79 Å². The SMILES string of the molecule is CSCC[C@H](NC(=O)[C@H](CCC(N)=O)NC(=O)[C@H](CCCN=C(N)N)NC(=O)[C@H](CC(C)C)NC(=O)[C@H](CCC(=O)O)NC(=O)[C@@H](N)CCCN=C(N)N)C(=O)O. The molecule has 0 bridgehead atoms. The van der Waals surface area contributed by atoms with Gasteiger partial charge in [0, 0.05) is 25.9 Å². The second-order valence-corrected chi connectivity index (χ2v) is 14.5. The van der Waals surface area contributed by atoms with Crippen molar-refractivity contribution in [2.75, 3.05) is 25.1 Å². The molecule has 0 aliphatic rings. The first-order chi connectivity index (χ1) is 26.7. The summed E-state index contributed by atoms with van der Waals surface area (Å²) < 4.78 is 0. The molecule has 0 aromatic rings. The Labute approximate surface area is 335 Å². The van der Waals surface area contributed by atoms with E-state index in [1.807, 2.05) is 0 Å². The number of carboxylic acids is 2. The number of aliphatic imine (C=N–C) groups is 2. The third-order valence-electron chi connectivity index (χ3n) is 8.04. The summed E-state index contributed by atoms with van der Waals surface area (Å²) in [5.74, 6) is -7.86.